The number of aromatic carboxylic acids is 1. The molecule has 0 saturated heterocycles. The van der Waals surface area contributed by atoms with E-state index >= 15 is 0 Å². The second kappa shape index (κ2) is 5.31. The van der Waals surface area contributed by atoms with Crippen molar-refractivity contribution in [2.24, 2.45) is 0 Å². The predicted molar refractivity (Wildman–Crippen MR) is 66.7 cm³/mol. The fourth-order valence-electron chi connectivity index (χ4n) is 1.47. The summed E-state index contributed by atoms with van der Waals surface area (Å²) in [5.41, 5.74) is 2.34. The third-order valence-electron chi connectivity index (χ3n) is 2.49. The van der Waals surface area contributed by atoms with Crippen molar-refractivity contribution in [1.82, 2.24) is 4.98 Å². The second-order valence-electron chi connectivity index (χ2n) is 3.99. The number of aryl methyl sites for hydroxylation is 1. The molecule has 0 atom stereocenters. The Balaban J connectivity index is 2.04. The molecule has 4 heteroatoms. The first kappa shape index (κ1) is 12.1. The van der Waals surface area contributed by atoms with Gasteiger partial charge in [0.2, 0.25) is 0 Å². The van der Waals surface area contributed by atoms with Crippen molar-refractivity contribution in [3.8, 4) is 5.75 Å². The number of hydrogen-bond donors (Lipinski definition) is 1. The Morgan fingerprint density at radius 2 is 2.00 bits per heavy atom. The van der Waals surface area contributed by atoms with Crippen molar-refractivity contribution in [3.63, 3.8) is 0 Å². The van der Waals surface area contributed by atoms with Crippen LogP contribution in [0, 0.1) is 6.92 Å². The highest BCUT2D eigenvalue weighted by Crippen LogP contribution is 2.13. The van der Waals surface area contributed by atoms with Gasteiger partial charge in [-0.15, -0.1) is 0 Å². The Hall–Kier alpha value is -2.36. The standard InChI is InChI=1S/C14H13NO3/c1-10-2-4-11(5-3-10)9-18-13-6-12(14(16)17)7-15-8-13/h2-8H,9H2,1H3,(H,16,17). The van der Waals surface area contributed by atoms with Crippen LogP contribution in [0.4, 0.5) is 0 Å². The van der Waals surface area contributed by atoms with E-state index in [9.17, 15) is 4.79 Å². The van der Waals surface area contributed by atoms with E-state index < -0.39 is 5.97 Å². The molecule has 1 N–H and O–H groups in total. The molecule has 0 unspecified atom stereocenters. The lowest BCUT2D eigenvalue weighted by molar-refractivity contribution is 0.0696. The second-order valence-corrected chi connectivity index (χ2v) is 3.99. The molecule has 0 radical (unpaired) electrons. The van der Waals surface area contributed by atoms with Gasteiger partial charge < -0.3 is 9.84 Å². The molecule has 0 spiro atoms. The van der Waals surface area contributed by atoms with E-state index in [1.807, 2.05) is 31.2 Å². The van der Waals surface area contributed by atoms with Crippen molar-refractivity contribution in [2.45, 2.75) is 13.5 Å². The van der Waals surface area contributed by atoms with E-state index in [0.717, 1.165) is 5.56 Å². The van der Waals surface area contributed by atoms with Crippen LogP contribution in [0.25, 0.3) is 0 Å². The summed E-state index contributed by atoms with van der Waals surface area (Å²) in [4.78, 5) is 14.6. The molecule has 0 saturated carbocycles. The summed E-state index contributed by atoms with van der Waals surface area (Å²) in [7, 11) is 0. The van der Waals surface area contributed by atoms with Gasteiger partial charge in [-0.1, -0.05) is 29.8 Å². The van der Waals surface area contributed by atoms with Crippen molar-refractivity contribution < 1.29 is 14.6 Å². The Labute approximate surface area is 105 Å². The number of hydrogen-bond acceptors (Lipinski definition) is 3. The zero-order valence-corrected chi connectivity index (χ0v) is 9.96. The van der Waals surface area contributed by atoms with Crippen molar-refractivity contribution in [1.29, 1.82) is 0 Å². The molecule has 4 nitrogen and oxygen atoms in total. The Morgan fingerprint density at radius 3 is 2.67 bits per heavy atom. The quantitative estimate of drug-likeness (QED) is 0.896. The van der Waals surface area contributed by atoms with E-state index in [2.05, 4.69) is 4.98 Å². The van der Waals surface area contributed by atoms with E-state index in [1.165, 1.54) is 24.0 Å². The maximum Gasteiger partial charge on any atom is 0.337 e. The van der Waals surface area contributed by atoms with Gasteiger partial charge in [0.05, 0.1) is 11.8 Å². The fourth-order valence-corrected chi connectivity index (χ4v) is 1.47. The number of pyridine rings is 1. The van der Waals surface area contributed by atoms with Crippen LogP contribution in [-0.2, 0) is 6.61 Å². The number of ether oxygens (including phenoxy) is 1. The van der Waals surface area contributed by atoms with E-state index in [0.29, 0.717) is 12.4 Å². The average molecular weight is 243 g/mol. The SMILES string of the molecule is Cc1ccc(COc2cncc(C(=O)O)c2)cc1. The van der Waals surface area contributed by atoms with Crippen LogP contribution in [-0.4, -0.2) is 16.1 Å². The lowest BCUT2D eigenvalue weighted by Gasteiger charge is -2.06. The van der Waals surface area contributed by atoms with Gasteiger partial charge >= 0.3 is 5.97 Å². The molecule has 0 fully saturated rings. The van der Waals surface area contributed by atoms with Gasteiger partial charge in [0.1, 0.15) is 12.4 Å². The highest BCUT2D eigenvalue weighted by atomic mass is 16.5. The Morgan fingerprint density at radius 1 is 1.28 bits per heavy atom. The van der Waals surface area contributed by atoms with Gasteiger partial charge in [-0.2, -0.15) is 0 Å². The molecule has 0 bridgehead atoms. The molecular formula is C14H13NO3. The van der Waals surface area contributed by atoms with Crippen LogP contribution < -0.4 is 4.74 Å². The molecule has 0 amide bonds. The molecule has 1 heterocycles. The van der Waals surface area contributed by atoms with Gasteiger partial charge in [-0.25, -0.2) is 4.79 Å². The maximum absolute atomic E-state index is 10.8. The summed E-state index contributed by atoms with van der Waals surface area (Å²) in [6.07, 6.45) is 2.79. The average Bonchev–Trinajstić information content (AvgIpc) is 2.38. The van der Waals surface area contributed by atoms with Gasteiger partial charge in [0, 0.05) is 6.20 Å². The van der Waals surface area contributed by atoms with E-state index in [1.54, 1.807) is 0 Å². The molecule has 0 aliphatic rings. The van der Waals surface area contributed by atoms with Crippen LogP contribution >= 0.6 is 0 Å². The first-order valence-corrected chi connectivity index (χ1v) is 5.52. The summed E-state index contributed by atoms with van der Waals surface area (Å²) >= 11 is 0. The van der Waals surface area contributed by atoms with Crippen LogP contribution in [0.1, 0.15) is 21.5 Å². The van der Waals surface area contributed by atoms with Crippen molar-refractivity contribution in [2.75, 3.05) is 0 Å². The molecular weight excluding hydrogens is 230 g/mol. The van der Waals surface area contributed by atoms with Crippen LogP contribution in [0.3, 0.4) is 0 Å². The van der Waals surface area contributed by atoms with Crippen LogP contribution in [0.2, 0.25) is 0 Å². The number of carbonyl (C=O) groups is 1. The maximum atomic E-state index is 10.8. The lowest BCUT2D eigenvalue weighted by Crippen LogP contribution is -2.00. The molecule has 2 aromatic rings. The summed E-state index contributed by atoms with van der Waals surface area (Å²) in [5.74, 6) is -0.557. The lowest BCUT2D eigenvalue weighted by atomic mass is 10.2. The third kappa shape index (κ3) is 3.07. The first-order valence-electron chi connectivity index (χ1n) is 5.52. The summed E-state index contributed by atoms with van der Waals surface area (Å²) < 4.78 is 5.50. The van der Waals surface area contributed by atoms with Gasteiger partial charge in [-0.05, 0) is 18.6 Å². The van der Waals surface area contributed by atoms with Gasteiger partial charge in [0.25, 0.3) is 0 Å². The fraction of sp³-hybridized carbons (Fsp3) is 0.143. The Kier molecular flexibility index (Phi) is 3.57. The number of carboxylic acids is 1. The van der Waals surface area contributed by atoms with Crippen molar-refractivity contribution in [3.05, 3.63) is 59.4 Å². The zero-order valence-electron chi connectivity index (χ0n) is 9.96. The Bertz CT molecular complexity index is 549. The summed E-state index contributed by atoms with van der Waals surface area (Å²) in [6, 6.07) is 9.42. The monoisotopic (exact) mass is 243 g/mol. The normalized spacial score (nSPS) is 10.1. The summed E-state index contributed by atoms with van der Waals surface area (Å²) in [5, 5.41) is 8.83. The minimum absolute atomic E-state index is 0.122. The number of nitrogens with zero attached hydrogens (tertiary/aromatic N) is 1. The highest BCUT2D eigenvalue weighted by molar-refractivity contribution is 5.87. The molecule has 0 aliphatic heterocycles. The molecule has 1 aromatic heterocycles. The molecule has 2 rings (SSSR count). The molecule has 92 valence electrons. The number of rotatable bonds is 4. The third-order valence-corrected chi connectivity index (χ3v) is 2.49. The zero-order chi connectivity index (χ0) is 13.0. The van der Waals surface area contributed by atoms with Crippen LogP contribution in [0.15, 0.2) is 42.7 Å². The molecule has 0 aliphatic carbocycles. The minimum atomic E-state index is -1.01. The van der Waals surface area contributed by atoms with Crippen LogP contribution in [0.5, 0.6) is 5.75 Å². The summed E-state index contributed by atoms with van der Waals surface area (Å²) in [6.45, 7) is 2.41. The predicted octanol–water partition coefficient (Wildman–Crippen LogP) is 2.67. The highest BCUT2D eigenvalue weighted by Gasteiger charge is 2.04. The topological polar surface area (TPSA) is 59.4 Å². The first-order chi connectivity index (χ1) is 8.65. The van der Waals surface area contributed by atoms with Crippen molar-refractivity contribution >= 4 is 5.97 Å². The van der Waals surface area contributed by atoms with Gasteiger partial charge in [-0.3, -0.25) is 4.98 Å². The number of carboxylic acid groups (broad SMARTS) is 1. The number of benzene rings is 1. The smallest absolute Gasteiger partial charge is 0.337 e. The molecule has 18 heavy (non-hydrogen) atoms. The minimum Gasteiger partial charge on any atom is -0.487 e. The molecule has 1 aromatic carbocycles. The van der Waals surface area contributed by atoms with E-state index in [-0.39, 0.29) is 5.56 Å². The number of aromatic nitrogens is 1. The largest absolute Gasteiger partial charge is 0.487 e. The van der Waals surface area contributed by atoms with E-state index in [4.69, 9.17) is 9.84 Å². The van der Waals surface area contributed by atoms with Gasteiger partial charge in [0.15, 0.2) is 0 Å².